The van der Waals surface area contributed by atoms with E-state index >= 15 is 0 Å². The summed E-state index contributed by atoms with van der Waals surface area (Å²) in [6.45, 7) is 7.78. The van der Waals surface area contributed by atoms with E-state index < -0.39 is 5.41 Å². The minimum atomic E-state index is -0.515. The van der Waals surface area contributed by atoms with Gasteiger partial charge in [0.1, 0.15) is 5.75 Å². The van der Waals surface area contributed by atoms with Crippen LogP contribution in [0.25, 0.3) is 0 Å². The van der Waals surface area contributed by atoms with Gasteiger partial charge in [-0.2, -0.15) is 0 Å². The van der Waals surface area contributed by atoms with Crippen LogP contribution in [0, 0.1) is 5.41 Å². The zero-order valence-corrected chi connectivity index (χ0v) is 13.2. The molecule has 1 amide bonds. The van der Waals surface area contributed by atoms with Crippen molar-refractivity contribution in [3.63, 3.8) is 0 Å². The van der Waals surface area contributed by atoms with Gasteiger partial charge >= 0.3 is 0 Å². The van der Waals surface area contributed by atoms with Crippen molar-refractivity contribution in [1.29, 1.82) is 0 Å². The molecule has 0 saturated heterocycles. The van der Waals surface area contributed by atoms with E-state index in [-0.39, 0.29) is 5.91 Å². The van der Waals surface area contributed by atoms with Gasteiger partial charge in [-0.05, 0) is 47.0 Å². The lowest BCUT2D eigenvalue weighted by atomic mass is 9.81. The highest BCUT2D eigenvalue weighted by atomic mass is 79.9. The molecule has 1 aromatic carbocycles. The monoisotopic (exact) mass is 325 g/mol. The second kappa shape index (κ2) is 6.75. The van der Waals surface area contributed by atoms with Crippen LogP contribution in [0.3, 0.4) is 0 Å². The number of hydrogen-bond acceptors (Lipinski definition) is 2. The molecule has 104 valence electrons. The number of carbonyl (C=O) groups is 1. The highest BCUT2D eigenvalue weighted by Gasteiger charge is 2.31. The molecule has 0 aliphatic carbocycles. The molecule has 0 fully saturated rings. The number of carbonyl (C=O) groups excluding carboxylic acids is 1. The van der Waals surface area contributed by atoms with E-state index in [0.717, 1.165) is 28.8 Å². The maximum atomic E-state index is 12.4. The van der Waals surface area contributed by atoms with Crippen molar-refractivity contribution < 1.29 is 9.53 Å². The Hall–Kier alpha value is -1.29. The highest BCUT2D eigenvalue weighted by Crippen LogP contribution is 2.32. The van der Waals surface area contributed by atoms with E-state index in [1.165, 1.54) is 0 Å². The summed E-state index contributed by atoms with van der Waals surface area (Å²) >= 11 is 3.43. The van der Waals surface area contributed by atoms with E-state index in [9.17, 15) is 4.79 Å². The fraction of sp³-hybridized carbons (Fsp3) is 0.400. The first kappa shape index (κ1) is 15.8. The Labute approximate surface area is 123 Å². The second-order valence-corrected chi connectivity index (χ2v) is 5.22. The molecule has 0 aromatic heterocycles. The van der Waals surface area contributed by atoms with Gasteiger partial charge in [0.15, 0.2) is 0 Å². The number of benzene rings is 1. The molecule has 1 aromatic rings. The van der Waals surface area contributed by atoms with E-state index in [1.54, 1.807) is 13.2 Å². The normalized spacial score (nSPS) is 10.9. The van der Waals surface area contributed by atoms with Crippen molar-refractivity contribution in [3.8, 4) is 5.75 Å². The van der Waals surface area contributed by atoms with Crippen LogP contribution >= 0.6 is 15.9 Å². The van der Waals surface area contributed by atoms with Gasteiger partial charge in [-0.1, -0.05) is 19.9 Å². The predicted molar refractivity (Wildman–Crippen MR) is 82.5 cm³/mol. The number of rotatable bonds is 6. The van der Waals surface area contributed by atoms with Crippen molar-refractivity contribution >= 4 is 27.5 Å². The standard InChI is InChI=1S/C15H20BrNO2/c1-5-15(6-2,7-3)14(18)17-13-9-8-11(19-4)10-12(13)16/h5,8-10H,1,6-7H2,2-4H3,(H,17,18). The number of hydrogen-bond donors (Lipinski definition) is 1. The molecular formula is C15H20BrNO2. The molecule has 0 heterocycles. The lowest BCUT2D eigenvalue weighted by molar-refractivity contribution is -0.123. The van der Waals surface area contributed by atoms with Gasteiger partial charge in [-0.3, -0.25) is 4.79 Å². The maximum absolute atomic E-state index is 12.4. The van der Waals surface area contributed by atoms with Crippen molar-refractivity contribution in [2.75, 3.05) is 12.4 Å². The molecule has 0 aliphatic rings. The van der Waals surface area contributed by atoms with Crippen LogP contribution in [0.4, 0.5) is 5.69 Å². The quantitative estimate of drug-likeness (QED) is 0.788. The summed E-state index contributed by atoms with van der Waals surface area (Å²) in [6, 6.07) is 5.46. The molecule has 1 rings (SSSR count). The summed E-state index contributed by atoms with van der Waals surface area (Å²) in [5.74, 6) is 0.712. The zero-order valence-electron chi connectivity index (χ0n) is 11.6. The third-order valence-electron chi connectivity index (χ3n) is 3.53. The lowest BCUT2D eigenvalue weighted by Gasteiger charge is -2.26. The van der Waals surface area contributed by atoms with Gasteiger partial charge in [-0.25, -0.2) is 0 Å². The number of methoxy groups -OCH3 is 1. The summed E-state index contributed by atoms with van der Waals surface area (Å²) in [4.78, 5) is 12.4. The molecule has 0 radical (unpaired) electrons. The summed E-state index contributed by atoms with van der Waals surface area (Å²) < 4.78 is 5.92. The average molecular weight is 326 g/mol. The molecule has 1 N–H and O–H groups in total. The molecule has 3 nitrogen and oxygen atoms in total. The van der Waals surface area contributed by atoms with Gasteiger partial charge in [-0.15, -0.1) is 6.58 Å². The molecule has 0 spiro atoms. The molecular weight excluding hydrogens is 306 g/mol. The van der Waals surface area contributed by atoms with Gasteiger partial charge in [0, 0.05) is 4.47 Å². The van der Waals surface area contributed by atoms with Crippen molar-refractivity contribution in [2.24, 2.45) is 5.41 Å². The maximum Gasteiger partial charge on any atom is 0.234 e. The van der Waals surface area contributed by atoms with Crippen molar-refractivity contribution in [3.05, 3.63) is 35.3 Å². The molecule has 0 saturated carbocycles. The Morgan fingerprint density at radius 3 is 2.53 bits per heavy atom. The number of nitrogens with one attached hydrogen (secondary N) is 1. The van der Waals surface area contributed by atoms with Crippen LogP contribution in [0.1, 0.15) is 26.7 Å². The van der Waals surface area contributed by atoms with E-state index in [0.29, 0.717) is 0 Å². The molecule has 0 bridgehead atoms. The first-order valence-corrected chi connectivity index (χ1v) is 7.10. The van der Waals surface area contributed by atoms with Gasteiger partial charge in [0.05, 0.1) is 18.2 Å². The average Bonchev–Trinajstić information content (AvgIpc) is 2.43. The van der Waals surface area contributed by atoms with Crippen LogP contribution in [0.2, 0.25) is 0 Å². The summed E-state index contributed by atoms with van der Waals surface area (Å²) in [6.07, 6.45) is 3.19. The largest absolute Gasteiger partial charge is 0.497 e. The van der Waals surface area contributed by atoms with Crippen LogP contribution in [-0.4, -0.2) is 13.0 Å². The van der Waals surface area contributed by atoms with Gasteiger partial charge in [0.25, 0.3) is 0 Å². The van der Waals surface area contributed by atoms with Crippen LogP contribution in [0.5, 0.6) is 5.75 Å². The highest BCUT2D eigenvalue weighted by molar-refractivity contribution is 9.10. The van der Waals surface area contributed by atoms with Crippen LogP contribution in [-0.2, 0) is 4.79 Å². The molecule has 4 heteroatoms. The molecule has 19 heavy (non-hydrogen) atoms. The van der Waals surface area contributed by atoms with Crippen LogP contribution in [0.15, 0.2) is 35.3 Å². The summed E-state index contributed by atoms with van der Waals surface area (Å²) in [5.41, 5.74) is 0.221. The fourth-order valence-electron chi connectivity index (χ4n) is 1.92. The Morgan fingerprint density at radius 1 is 1.47 bits per heavy atom. The SMILES string of the molecule is C=CC(CC)(CC)C(=O)Nc1ccc(OC)cc1Br. The zero-order chi connectivity index (χ0) is 14.5. The summed E-state index contributed by atoms with van der Waals surface area (Å²) in [5, 5.41) is 2.94. The smallest absolute Gasteiger partial charge is 0.234 e. The molecule has 0 unspecified atom stereocenters. The van der Waals surface area contributed by atoms with E-state index in [1.807, 2.05) is 32.0 Å². The van der Waals surface area contributed by atoms with E-state index in [4.69, 9.17) is 4.74 Å². The Kier molecular flexibility index (Phi) is 5.60. The van der Waals surface area contributed by atoms with Crippen molar-refractivity contribution in [1.82, 2.24) is 0 Å². The number of amides is 1. The first-order chi connectivity index (χ1) is 9.02. The number of ether oxygens (including phenoxy) is 1. The van der Waals surface area contributed by atoms with Crippen LogP contribution < -0.4 is 10.1 Å². The summed E-state index contributed by atoms with van der Waals surface area (Å²) in [7, 11) is 1.61. The third-order valence-corrected chi connectivity index (χ3v) is 4.19. The van der Waals surface area contributed by atoms with Gasteiger partial charge in [0.2, 0.25) is 5.91 Å². The fourth-order valence-corrected chi connectivity index (χ4v) is 2.38. The molecule has 0 atom stereocenters. The topological polar surface area (TPSA) is 38.3 Å². The Bertz CT molecular complexity index is 467. The Morgan fingerprint density at radius 2 is 2.11 bits per heavy atom. The minimum Gasteiger partial charge on any atom is -0.497 e. The first-order valence-electron chi connectivity index (χ1n) is 6.31. The number of anilines is 1. The lowest BCUT2D eigenvalue weighted by Crippen LogP contribution is -2.33. The minimum absolute atomic E-state index is 0.0293. The van der Waals surface area contributed by atoms with Gasteiger partial charge < -0.3 is 10.1 Å². The van der Waals surface area contributed by atoms with E-state index in [2.05, 4.69) is 27.8 Å². The third kappa shape index (κ3) is 3.38. The van der Waals surface area contributed by atoms with Crippen molar-refractivity contribution in [2.45, 2.75) is 26.7 Å². The second-order valence-electron chi connectivity index (χ2n) is 4.37. The number of halogens is 1. The Balaban J connectivity index is 2.96. The predicted octanol–water partition coefficient (Wildman–Crippen LogP) is 4.39. The molecule has 0 aliphatic heterocycles.